The lowest BCUT2D eigenvalue weighted by Crippen LogP contribution is -2.17. The molecule has 0 radical (unpaired) electrons. The third kappa shape index (κ3) is 2.39. The normalized spacial score (nSPS) is 13.2. The number of fused-ring (bicyclic) bond motifs is 4. The van der Waals surface area contributed by atoms with Gasteiger partial charge >= 0.3 is 5.69 Å². The van der Waals surface area contributed by atoms with E-state index in [-0.39, 0.29) is 5.52 Å². The minimum absolute atomic E-state index is 0.143. The fourth-order valence-corrected chi connectivity index (χ4v) is 3.40. The van der Waals surface area contributed by atoms with Crippen LogP contribution in [0.3, 0.4) is 0 Å². The molecule has 4 aromatic rings. The van der Waals surface area contributed by atoms with Gasteiger partial charge in [0.15, 0.2) is 23.0 Å². The van der Waals surface area contributed by atoms with Gasteiger partial charge in [-0.1, -0.05) is 0 Å². The minimum atomic E-state index is -0.576. The maximum absolute atomic E-state index is 14.9. The van der Waals surface area contributed by atoms with Crippen molar-refractivity contribution in [1.82, 2.24) is 19.5 Å². The Morgan fingerprint density at radius 1 is 1.29 bits per heavy atom. The Kier molecular flexibility index (Phi) is 3.68. The van der Waals surface area contributed by atoms with Gasteiger partial charge < -0.3 is 14.2 Å². The zero-order valence-electron chi connectivity index (χ0n) is 14.9. The summed E-state index contributed by atoms with van der Waals surface area (Å²) in [5.74, 6) is 0.748. The number of aromatic amines is 1. The zero-order chi connectivity index (χ0) is 19.3. The van der Waals surface area contributed by atoms with Gasteiger partial charge in [0.25, 0.3) is 0 Å². The monoisotopic (exact) mass is 382 g/mol. The summed E-state index contributed by atoms with van der Waals surface area (Å²) in [5.41, 5.74) is 0.777. The zero-order valence-corrected chi connectivity index (χ0v) is 14.9. The van der Waals surface area contributed by atoms with Crippen molar-refractivity contribution in [3.8, 4) is 22.9 Å². The molecule has 3 aromatic heterocycles. The summed E-state index contributed by atoms with van der Waals surface area (Å²) in [4.78, 5) is 23.6. The Bertz CT molecular complexity index is 1280. The molecule has 1 aliphatic rings. The molecule has 8 nitrogen and oxygen atoms in total. The van der Waals surface area contributed by atoms with Gasteiger partial charge in [-0.05, 0) is 13.0 Å². The number of rotatable bonds is 3. The van der Waals surface area contributed by atoms with Crippen LogP contribution >= 0.6 is 0 Å². The molecule has 28 heavy (non-hydrogen) atoms. The Labute approximate surface area is 157 Å². The Hall–Kier alpha value is -3.62. The second-order valence-electron chi connectivity index (χ2n) is 6.18. The first-order chi connectivity index (χ1) is 13.7. The van der Waals surface area contributed by atoms with Crippen molar-refractivity contribution in [2.75, 3.05) is 19.8 Å². The van der Waals surface area contributed by atoms with E-state index < -0.39 is 11.5 Å². The molecular formula is C19H15FN4O4. The highest BCUT2D eigenvalue weighted by Gasteiger charge is 2.21. The average molecular weight is 382 g/mol. The van der Waals surface area contributed by atoms with Crippen molar-refractivity contribution in [2.45, 2.75) is 6.92 Å². The number of pyridine rings is 2. The summed E-state index contributed by atoms with van der Waals surface area (Å²) in [6.45, 7) is 3.00. The van der Waals surface area contributed by atoms with Gasteiger partial charge in [-0.15, -0.1) is 0 Å². The van der Waals surface area contributed by atoms with E-state index in [4.69, 9.17) is 14.2 Å². The van der Waals surface area contributed by atoms with E-state index >= 15 is 0 Å². The number of nitrogens with one attached hydrogen (secondary N) is 1. The van der Waals surface area contributed by atoms with Crippen LogP contribution in [0.2, 0.25) is 0 Å². The predicted octanol–water partition coefficient (Wildman–Crippen LogP) is 2.57. The van der Waals surface area contributed by atoms with Gasteiger partial charge in [0.2, 0.25) is 0 Å². The molecule has 0 saturated heterocycles. The van der Waals surface area contributed by atoms with Crippen LogP contribution in [0.1, 0.15) is 6.92 Å². The lowest BCUT2D eigenvalue weighted by atomic mass is 10.1. The quantitative estimate of drug-likeness (QED) is 0.586. The average Bonchev–Trinajstić information content (AvgIpc) is 3.05. The Morgan fingerprint density at radius 3 is 3.00 bits per heavy atom. The molecule has 9 heteroatoms. The van der Waals surface area contributed by atoms with E-state index in [0.717, 1.165) is 0 Å². The molecule has 0 amide bonds. The predicted molar refractivity (Wildman–Crippen MR) is 99.1 cm³/mol. The van der Waals surface area contributed by atoms with E-state index in [1.54, 1.807) is 18.3 Å². The van der Waals surface area contributed by atoms with Gasteiger partial charge in [0, 0.05) is 18.3 Å². The Balaban J connectivity index is 1.83. The van der Waals surface area contributed by atoms with Crippen molar-refractivity contribution < 1.29 is 18.6 Å². The van der Waals surface area contributed by atoms with Crippen LogP contribution in [0.25, 0.3) is 27.8 Å². The number of nitrogens with zero attached hydrogens (tertiary/aromatic N) is 3. The van der Waals surface area contributed by atoms with Crippen LogP contribution in [0.15, 0.2) is 35.4 Å². The highest BCUT2D eigenvalue weighted by Crippen LogP contribution is 2.38. The second kappa shape index (κ2) is 6.22. The van der Waals surface area contributed by atoms with Crippen LogP contribution in [0, 0.1) is 5.82 Å². The fourth-order valence-electron chi connectivity index (χ4n) is 3.40. The van der Waals surface area contributed by atoms with Crippen LogP contribution in [0.5, 0.6) is 17.2 Å². The number of hydrogen-bond acceptors (Lipinski definition) is 6. The van der Waals surface area contributed by atoms with Crippen molar-refractivity contribution in [3.05, 3.63) is 46.9 Å². The first-order valence-corrected chi connectivity index (χ1v) is 8.78. The lowest BCUT2D eigenvalue weighted by molar-refractivity contribution is 0.173. The van der Waals surface area contributed by atoms with Crippen LogP contribution in [0.4, 0.5) is 4.39 Å². The largest absolute Gasteiger partial charge is 0.491 e. The summed E-state index contributed by atoms with van der Waals surface area (Å²) in [6, 6.07) is 4.56. The number of imidazole rings is 1. The number of halogens is 1. The molecule has 0 aliphatic carbocycles. The molecular weight excluding hydrogens is 367 g/mol. The molecule has 4 heterocycles. The molecule has 1 aromatic carbocycles. The van der Waals surface area contributed by atoms with Crippen molar-refractivity contribution in [1.29, 1.82) is 0 Å². The number of H-pyrrole nitrogens is 1. The molecule has 0 fully saturated rings. The number of hydrogen-bond donors (Lipinski definition) is 1. The van der Waals surface area contributed by atoms with E-state index in [1.165, 1.54) is 16.8 Å². The van der Waals surface area contributed by atoms with E-state index in [1.807, 2.05) is 6.92 Å². The van der Waals surface area contributed by atoms with Crippen molar-refractivity contribution >= 4 is 22.1 Å². The van der Waals surface area contributed by atoms with E-state index in [9.17, 15) is 9.18 Å². The third-order valence-electron chi connectivity index (χ3n) is 4.51. The molecule has 0 spiro atoms. The first-order valence-electron chi connectivity index (χ1n) is 8.78. The minimum Gasteiger partial charge on any atom is -0.491 e. The highest BCUT2D eigenvalue weighted by atomic mass is 19.1. The number of ether oxygens (including phenoxy) is 3. The van der Waals surface area contributed by atoms with Crippen LogP contribution < -0.4 is 19.9 Å². The standard InChI is InChI=1S/C19H15FN4O4/c1-2-26-13-3-4-21-18-16(13)24(19(25)23-18)10-7-11-15(12(20)8-10)22-9-14-17(11)28-6-5-27-14/h3-4,7-9H,2,5-6H2,1H3,(H,21,23,25). The molecule has 1 aliphatic heterocycles. The molecule has 5 rings (SSSR count). The van der Waals surface area contributed by atoms with Gasteiger partial charge in [0.1, 0.15) is 30.0 Å². The molecule has 142 valence electrons. The number of aromatic nitrogens is 4. The molecule has 0 bridgehead atoms. The maximum atomic E-state index is 14.9. The van der Waals surface area contributed by atoms with Crippen molar-refractivity contribution in [3.63, 3.8) is 0 Å². The summed E-state index contributed by atoms with van der Waals surface area (Å²) < 4.78 is 33.0. The second-order valence-corrected chi connectivity index (χ2v) is 6.18. The van der Waals surface area contributed by atoms with Gasteiger partial charge in [0.05, 0.1) is 23.9 Å². The molecule has 0 atom stereocenters. The topological polar surface area (TPSA) is 91.3 Å². The Morgan fingerprint density at radius 2 is 2.14 bits per heavy atom. The summed E-state index contributed by atoms with van der Waals surface area (Å²) in [6.07, 6.45) is 2.98. The molecule has 0 saturated carbocycles. The van der Waals surface area contributed by atoms with Crippen LogP contribution in [-0.2, 0) is 0 Å². The smallest absolute Gasteiger partial charge is 0.332 e. The summed E-state index contributed by atoms with van der Waals surface area (Å²) in [7, 11) is 0. The fraction of sp³-hybridized carbons (Fsp3) is 0.211. The van der Waals surface area contributed by atoms with E-state index in [0.29, 0.717) is 59.3 Å². The van der Waals surface area contributed by atoms with Gasteiger partial charge in [-0.25, -0.2) is 19.2 Å². The highest BCUT2D eigenvalue weighted by molar-refractivity contribution is 5.90. The number of benzene rings is 1. The van der Waals surface area contributed by atoms with Gasteiger partial charge in [-0.2, -0.15) is 0 Å². The molecule has 0 unspecified atom stereocenters. The van der Waals surface area contributed by atoms with E-state index in [2.05, 4.69) is 15.0 Å². The lowest BCUT2D eigenvalue weighted by Gasteiger charge is -2.20. The van der Waals surface area contributed by atoms with Crippen LogP contribution in [-0.4, -0.2) is 39.3 Å². The summed E-state index contributed by atoms with van der Waals surface area (Å²) in [5, 5.41) is 0.426. The van der Waals surface area contributed by atoms with Gasteiger partial charge in [-0.3, -0.25) is 9.55 Å². The maximum Gasteiger partial charge on any atom is 0.332 e. The first kappa shape index (κ1) is 16.5. The summed E-state index contributed by atoms with van der Waals surface area (Å²) >= 11 is 0. The SMILES string of the molecule is CCOc1ccnc2[nH]c(=O)n(-c3cc(F)c4ncc5c(c4c3)OCCO5)c12. The van der Waals surface area contributed by atoms with Crippen molar-refractivity contribution in [2.24, 2.45) is 0 Å². The third-order valence-corrected chi connectivity index (χ3v) is 4.51. The molecule has 1 N–H and O–H groups in total.